The van der Waals surface area contributed by atoms with Crippen LogP contribution in [0.3, 0.4) is 0 Å². The van der Waals surface area contributed by atoms with Gasteiger partial charge in [-0.2, -0.15) is 5.10 Å². The predicted molar refractivity (Wildman–Crippen MR) is 110 cm³/mol. The second kappa shape index (κ2) is 7.32. The Morgan fingerprint density at radius 1 is 1.11 bits per heavy atom. The lowest BCUT2D eigenvalue weighted by Crippen LogP contribution is -2.14. The highest BCUT2D eigenvalue weighted by molar-refractivity contribution is 7.21. The van der Waals surface area contributed by atoms with Crippen molar-refractivity contribution in [3.05, 3.63) is 66.0 Å². The fraction of sp³-hybridized carbons (Fsp3) is 0.190. The average Bonchev–Trinajstić information content (AvgIpc) is 3.26. The number of nitrogens with one attached hydrogen (secondary N) is 1. The number of aryl methyl sites for hydroxylation is 3. The molecular formula is C21H20N4OS. The van der Waals surface area contributed by atoms with E-state index < -0.39 is 0 Å². The molecule has 0 aliphatic rings. The van der Waals surface area contributed by atoms with Gasteiger partial charge in [0.1, 0.15) is 5.01 Å². The lowest BCUT2D eigenvalue weighted by Gasteiger charge is -2.06. The van der Waals surface area contributed by atoms with E-state index in [4.69, 9.17) is 4.98 Å². The quantitative estimate of drug-likeness (QED) is 0.544. The molecule has 0 fully saturated rings. The van der Waals surface area contributed by atoms with Gasteiger partial charge in [-0.15, -0.1) is 11.3 Å². The second-order valence-electron chi connectivity index (χ2n) is 6.59. The van der Waals surface area contributed by atoms with Crippen molar-refractivity contribution in [2.45, 2.75) is 26.8 Å². The summed E-state index contributed by atoms with van der Waals surface area (Å²) in [6.07, 6.45) is 2.27. The van der Waals surface area contributed by atoms with E-state index in [1.165, 1.54) is 10.3 Å². The molecule has 0 saturated heterocycles. The number of aromatic nitrogens is 3. The molecule has 0 atom stereocenters. The fourth-order valence-electron chi connectivity index (χ4n) is 2.88. The van der Waals surface area contributed by atoms with Gasteiger partial charge >= 0.3 is 0 Å². The van der Waals surface area contributed by atoms with Crippen molar-refractivity contribution in [1.29, 1.82) is 0 Å². The van der Waals surface area contributed by atoms with Crippen molar-refractivity contribution >= 4 is 33.1 Å². The summed E-state index contributed by atoms with van der Waals surface area (Å²) in [4.78, 5) is 16.8. The molecular weight excluding hydrogens is 356 g/mol. The fourth-order valence-corrected chi connectivity index (χ4v) is 3.95. The van der Waals surface area contributed by atoms with Gasteiger partial charge in [0.15, 0.2) is 0 Å². The molecule has 6 heteroatoms. The first-order valence-electron chi connectivity index (χ1n) is 8.84. The summed E-state index contributed by atoms with van der Waals surface area (Å²) in [5.41, 5.74) is 5.06. The summed E-state index contributed by atoms with van der Waals surface area (Å²) in [5.74, 6) is -0.0219. The number of hydrogen-bond acceptors (Lipinski definition) is 4. The van der Waals surface area contributed by atoms with E-state index in [1.54, 1.807) is 16.0 Å². The molecule has 1 amide bonds. The summed E-state index contributed by atoms with van der Waals surface area (Å²) in [6, 6.07) is 16.1. The van der Waals surface area contributed by atoms with E-state index in [1.807, 2.05) is 43.5 Å². The summed E-state index contributed by atoms with van der Waals surface area (Å²) in [7, 11) is 0. The van der Waals surface area contributed by atoms with Crippen LogP contribution in [0.4, 0.5) is 5.69 Å². The van der Waals surface area contributed by atoms with Crippen molar-refractivity contribution in [3.8, 4) is 10.6 Å². The van der Waals surface area contributed by atoms with Crippen LogP contribution in [-0.4, -0.2) is 20.7 Å². The minimum atomic E-state index is -0.0219. The number of nitrogens with zero attached hydrogens (tertiary/aromatic N) is 3. The van der Waals surface area contributed by atoms with Crippen LogP contribution < -0.4 is 5.32 Å². The number of carbonyl (C=O) groups is 1. The zero-order chi connectivity index (χ0) is 18.8. The van der Waals surface area contributed by atoms with E-state index in [0.29, 0.717) is 13.0 Å². The molecule has 2 heterocycles. The third kappa shape index (κ3) is 4.06. The van der Waals surface area contributed by atoms with Crippen LogP contribution in [0.5, 0.6) is 0 Å². The highest BCUT2D eigenvalue weighted by Gasteiger charge is 2.08. The third-order valence-electron chi connectivity index (χ3n) is 4.30. The molecule has 5 nitrogen and oxygen atoms in total. The first-order chi connectivity index (χ1) is 13.1. The van der Waals surface area contributed by atoms with Gasteiger partial charge in [0, 0.05) is 30.4 Å². The third-order valence-corrected chi connectivity index (χ3v) is 5.37. The maximum atomic E-state index is 12.1. The van der Waals surface area contributed by atoms with Crippen LogP contribution in [0.2, 0.25) is 0 Å². The second-order valence-corrected chi connectivity index (χ2v) is 7.62. The number of hydrogen-bond donors (Lipinski definition) is 1. The molecule has 0 bridgehead atoms. The van der Waals surface area contributed by atoms with Gasteiger partial charge in [-0.1, -0.05) is 6.07 Å². The topological polar surface area (TPSA) is 59.8 Å². The monoisotopic (exact) mass is 376 g/mol. The highest BCUT2D eigenvalue weighted by Crippen LogP contribution is 2.31. The van der Waals surface area contributed by atoms with Crippen molar-refractivity contribution in [3.63, 3.8) is 0 Å². The van der Waals surface area contributed by atoms with Crippen LogP contribution >= 0.6 is 11.3 Å². The molecule has 2 aromatic carbocycles. The summed E-state index contributed by atoms with van der Waals surface area (Å²) >= 11 is 1.68. The van der Waals surface area contributed by atoms with E-state index in [-0.39, 0.29) is 5.91 Å². The molecule has 0 radical (unpaired) electrons. The average molecular weight is 376 g/mol. The smallest absolute Gasteiger partial charge is 0.226 e. The normalized spacial score (nSPS) is 11.0. The Hall–Kier alpha value is -2.99. The Bertz CT molecular complexity index is 1100. The molecule has 2 aromatic heterocycles. The van der Waals surface area contributed by atoms with E-state index in [2.05, 4.69) is 35.5 Å². The number of benzene rings is 2. The number of rotatable bonds is 5. The standard InChI is InChI=1S/C21H20N4OS/c1-14-3-8-18-19(13-14)27-21(23-18)16-4-6-17(7-5-16)22-20(26)10-12-25-11-9-15(2)24-25/h3-9,11,13H,10,12H2,1-2H3,(H,22,26). The Kier molecular flexibility index (Phi) is 4.73. The number of amides is 1. The van der Waals surface area contributed by atoms with Crippen LogP contribution in [0.25, 0.3) is 20.8 Å². The van der Waals surface area contributed by atoms with Crippen LogP contribution in [0, 0.1) is 13.8 Å². The maximum absolute atomic E-state index is 12.1. The van der Waals surface area contributed by atoms with Crippen molar-refractivity contribution in [2.24, 2.45) is 0 Å². The van der Waals surface area contributed by atoms with Gasteiger partial charge in [-0.05, 0) is 61.9 Å². The van der Waals surface area contributed by atoms with Crippen LogP contribution in [-0.2, 0) is 11.3 Å². The Labute approximate surface area is 161 Å². The Balaban J connectivity index is 1.41. The van der Waals surface area contributed by atoms with Gasteiger partial charge in [-0.25, -0.2) is 4.98 Å². The van der Waals surface area contributed by atoms with Crippen molar-refractivity contribution in [1.82, 2.24) is 14.8 Å². The molecule has 0 unspecified atom stereocenters. The molecule has 1 N–H and O–H groups in total. The van der Waals surface area contributed by atoms with E-state index in [9.17, 15) is 4.79 Å². The molecule has 0 aliphatic heterocycles. The highest BCUT2D eigenvalue weighted by atomic mass is 32.1. The van der Waals surface area contributed by atoms with Gasteiger partial charge < -0.3 is 5.32 Å². The summed E-state index contributed by atoms with van der Waals surface area (Å²) < 4.78 is 2.98. The molecule has 27 heavy (non-hydrogen) atoms. The van der Waals surface area contributed by atoms with Crippen LogP contribution in [0.1, 0.15) is 17.7 Å². The van der Waals surface area contributed by atoms with Crippen molar-refractivity contribution in [2.75, 3.05) is 5.32 Å². The largest absolute Gasteiger partial charge is 0.326 e. The zero-order valence-electron chi connectivity index (χ0n) is 15.3. The number of anilines is 1. The SMILES string of the molecule is Cc1ccc2nc(-c3ccc(NC(=O)CCn4ccc(C)n4)cc3)sc2c1. The van der Waals surface area contributed by atoms with Gasteiger partial charge in [0.2, 0.25) is 5.91 Å². The molecule has 4 aromatic rings. The molecule has 4 rings (SSSR count). The summed E-state index contributed by atoms with van der Waals surface area (Å²) in [5, 5.41) is 8.21. The first-order valence-corrected chi connectivity index (χ1v) is 9.66. The molecule has 0 aliphatic carbocycles. The van der Waals surface area contributed by atoms with E-state index >= 15 is 0 Å². The molecule has 0 spiro atoms. The minimum Gasteiger partial charge on any atom is -0.326 e. The molecule has 136 valence electrons. The summed E-state index contributed by atoms with van der Waals surface area (Å²) in [6.45, 7) is 4.59. The van der Waals surface area contributed by atoms with E-state index in [0.717, 1.165) is 27.5 Å². The zero-order valence-corrected chi connectivity index (χ0v) is 16.1. The Morgan fingerprint density at radius 2 is 1.93 bits per heavy atom. The van der Waals surface area contributed by atoms with Gasteiger partial charge in [0.05, 0.1) is 15.9 Å². The number of fused-ring (bicyclic) bond motifs is 1. The molecule has 0 saturated carbocycles. The number of thiazole rings is 1. The maximum Gasteiger partial charge on any atom is 0.226 e. The lowest BCUT2D eigenvalue weighted by atomic mass is 10.2. The first kappa shape index (κ1) is 17.4. The van der Waals surface area contributed by atoms with Gasteiger partial charge in [-0.3, -0.25) is 9.48 Å². The van der Waals surface area contributed by atoms with Crippen LogP contribution in [0.15, 0.2) is 54.7 Å². The Morgan fingerprint density at radius 3 is 2.67 bits per heavy atom. The van der Waals surface area contributed by atoms with Gasteiger partial charge in [0.25, 0.3) is 0 Å². The lowest BCUT2D eigenvalue weighted by molar-refractivity contribution is -0.116. The number of carbonyl (C=O) groups excluding carboxylic acids is 1. The minimum absolute atomic E-state index is 0.0219. The predicted octanol–water partition coefficient (Wildman–Crippen LogP) is 4.81. The van der Waals surface area contributed by atoms with Crippen molar-refractivity contribution < 1.29 is 4.79 Å².